The molecule has 4 aromatic carbocycles. The molecule has 7 rings (SSSR count). The summed E-state index contributed by atoms with van der Waals surface area (Å²) in [5.41, 5.74) is 8.06. The SMILES string of the molecule is CC1(C)CC(=O)C2=C(C1)c1c(ccc3ccccc13)NC2c1cn(Cc2ccccc2)c2ccccc12. The van der Waals surface area contributed by atoms with Gasteiger partial charge in [-0.3, -0.25) is 4.79 Å². The zero-order valence-electron chi connectivity index (χ0n) is 21.3. The minimum absolute atomic E-state index is 0.0622. The average Bonchev–Trinajstić information content (AvgIpc) is 3.26. The largest absolute Gasteiger partial charge is 0.373 e. The minimum Gasteiger partial charge on any atom is -0.373 e. The average molecular weight is 483 g/mol. The second kappa shape index (κ2) is 8.21. The molecule has 2 heterocycles. The van der Waals surface area contributed by atoms with Crippen molar-refractivity contribution in [2.75, 3.05) is 5.32 Å². The van der Waals surface area contributed by atoms with Crippen LogP contribution in [0.15, 0.2) is 103 Å². The maximum atomic E-state index is 13.9. The monoisotopic (exact) mass is 482 g/mol. The molecule has 3 nitrogen and oxygen atoms in total. The van der Waals surface area contributed by atoms with Gasteiger partial charge in [0.05, 0.1) is 6.04 Å². The number of nitrogens with zero attached hydrogens (tertiary/aromatic N) is 1. The van der Waals surface area contributed by atoms with Crippen LogP contribution >= 0.6 is 0 Å². The molecule has 0 fully saturated rings. The van der Waals surface area contributed by atoms with Gasteiger partial charge in [0.25, 0.3) is 0 Å². The zero-order valence-corrected chi connectivity index (χ0v) is 21.3. The lowest BCUT2D eigenvalue weighted by molar-refractivity contribution is -0.118. The summed E-state index contributed by atoms with van der Waals surface area (Å²) in [6.07, 6.45) is 3.74. The maximum Gasteiger partial charge on any atom is 0.162 e. The van der Waals surface area contributed by atoms with Crippen molar-refractivity contribution >= 4 is 38.7 Å². The number of allylic oxidation sites excluding steroid dienone is 1. The number of hydrogen-bond donors (Lipinski definition) is 1. The van der Waals surface area contributed by atoms with Crippen molar-refractivity contribution < 1.29 is 4.79 Å². The number of carbonyl (C=O) groups excluding carboxylic acids is 1. The molecule has 2 aliphatic rings. The van der Waals surface area contributed by atoms with Gasteiger partial charge in [0.1, 0.15) is 0 Å². The summed E-state index contributed by atoms with van der Waals surface area (Å²) in [6, 6.07) is 31.9. The van der Waals surface area contributed by atoms with Crippen LogP contribution in [-0.2, 0) is 11.3 Å². The third-order valence-corrected chi connectivity index (χ3v) is 8.07. The van der Waals surface area contributed by atoms with Crippen LogP contribution in [0.3, 0.4) is 0 Å². The van der Waals surface area contributed by atoms with Crippen molar-refractivity contribution in [1.82, 2.24) is 4.57 Å². The molecule has 1 N–H and O–H groups in total. The van der Waals surface area contributed by atoms with Crippen LogP contribution in [0, 0.1) is 5.41 Å². The van der Waals surface area contributed by atoms with Gasteiger partial charge in [0, 0.05) is 52.5 Å². The van der Waals surface area contributed by atoms with Crippen molar-refractivity contribution in [3.8, 4) is 0 Å². The number of Topliss-reactive ketones (excluding diaryl/α,β-unsaturated/α-hetero) is 1. The lowest BCUT2D eigenvalue weighted by Crippen LogP contribution is -2.33. The number of rotatable bonds is 3. The summed E-state index contributed by atoms with van der Waals surface area (Å²) >= 11 is 0. The first-order valence-electron chi connectivity index (χ1n) is 13.2. The van der Waals surface area contributed by atoms with E-state index in [0.29, 0.717) is 6.42 Å². The fourth-order valence-corrected chi connectivity index (χ4v) is 6.49. The molecule has 0 spiro atoms. The molecule has 0 saturated heterocycles. The van der Waals surface area contributed by atoms with E-state index in [9.17, 15) is 4.79 Å². The van der Waals surface area contributed by atoms with Crippen LogP contribution in [0.25, 0.3) is 27.2 Å². The third-order valence-electron chi connectivity index (χ3n) is 8.07. The molecule has 0 amide bonds. The van der Waals surface area contributed by atoms with Crippen molar-refractivity contribution in [2.24, 2.45) is 5.41 Å². The smallest absolute Gasteiger partial charge is 0.162 e. The van der Waals surface area contributed by atoms with Crippen LogP contribution in [-0.4, -0.2) is 10.4 Å². The van der Waals surface area contributed by atoms with Gasteiger partial charge in [-0.2, -0.15) is 0 Å². The lowest BCUT2D eigenvalue weighted by Gasteiger charge is -2.40. The molecule has 3 heteroatoms. The lowest BCUT2D eigenvalue weighted by atomic mass is 9.68. The van der Waals surface area contributed by atoms with Gasteiger partial charge in [0.2, 0.25) is 0 Å². The Bertz CT molecular complexity index is 1720. The summed E-state index contributed by atoms with van der Waals surface area (Å²) in [5, 5.41) is 7.47. The number of hydrogen-bond acceptors (Lipinski definition) is 2. The second-order valence-electron chi connectivity index (χ2n) is 11.3. The normalized spacial score (nSPS) is 18.5. The minimum atomic E-state index is -0.172. The standard InChI is InChI=1S/C34H30N2O/c1-34(2)18-26-31-24-13-7-6-12-23(24)16-17-28(31)35-33(32(26)30(37)19-34)27-21-36(20-22-10-4-3-5-11-22)29-15-9-8-14-25(27)29/h3-17,21,33,35H,18-20H2,1-2H3. The van der Waals surface area contributed by atoms with Gasteiger partial charge in [-0.15, -0.1) is 0 Å². The Hall–Kier alpha value is -4.11. The highest BCUT2D eigenvalue weighted by atomic mass is 16.1. The highest BCUT2D eigenvalue weighted by Crippen LogP contribution is 2.52. The maximum absolute atomic E-state index is 13.9. The number of aromatic nitrogens is 1. The Balaban J connectivity index is 1.45. The predicted molar refractivity (Wildman–Crippen MR) is 153 cm³/mol. The molecule has 1 atom stereocenters. The zero-order chi connectivity index (χ0) is 25.1. The van der Waals surface area contributed by atoms with Crippen LogP contribution in [0.2, 0.25) is 0 Å². The number of nitrogens with one attached hydrogen (secondary N) is 1. The molecule has 0 radical (unpaired) electrons. The first-order chi connectivity index (χ1) is 18.0. The summed E-state index contributed by atoms with van der Waals surface area (Å²) in [7, 11) is 0. The van der Waals surface area contributed by atoms with E-state index in [4.69, 9.17) is 0 Å². The second-order valence-corrected chi connectivity index (χ2v) is 11.3. The van der Waals surface area contributed by atoms with Crippen LogP contribution in [0.1, 0.15) is 49.4 Å². The first-order valence-corrected chi connectivity index (χ1v) is 13.2. The number of ketones is 1. The van der Waals surface area contributed by atoms with E-state index >= 15 is 0 Å². The highest BCUT2D eigenvalue weighted by molar-refractivity contribution is 6.13. The number of fused-ring (bicyclic) bond motifs is 5. The number of para-hydroxylation sites is 1. The van der Waals surface area contributed by atoms with E-state index in [0.717, 1.165) is 24.2 Å². The summed E-state index contributed by atoms with van der Waals surface area (Å²) < 4.78 is 2.33. The van der Waals surface area contributed by atoms with Gasteiger partial charge in [0.15, 0.2) is 5.78 Å². The Kier molecular flexibility index (Phi) is 4.91. The van der Waals surface area contributed by atoms with E-state index in [1.54, 1.807) is 0 Å². The molecule has 1 aliphatic heterocycles. The number of benzene rings is 4. The van der Waals surface area contributed by atoms with E-state index in [-0.39, 0.29) is 17.2 Å². The van der Waals surface area contributed by atoms with Crippen molar-refractivity contribution in [2.45, 2.75) is 39.3 Å². The van der Waals surface area contributed by atoms with E-state index < -0.39 is 0 Å². The molecule has 37 heavy (non-hydrogen) atoms. The molecule has 1 aliphatic carbocycles. The van der Waals surface area contributed by atoms with Gasteiger partial charge < -0.3 is 9.88 Å². The summed E-state index contributed by atoms with van der Waals surface area (Å²) in [5.74, 6) is 0.266. The molecule has 1 aromatic heterocycles. The fourth-order valence-electron chi connectivity index (χ4n) is 6.49. The van der Waals surface area contributed by atoms with E-state index in [1.807, 2.05) is 0 Å². The number of carbonyl (C=O) groups is 1. The van der Waals surface area contributed by atoms with Crippen molar-refractivity contribution in [3.63, 3.8) is 0 Å². The summed E-state index contributed by atoms with van der Waals surface area (Å²) in [6.45, 7) is 5.24. The fraction of sp³-hybridized carbons (Fsp3) is 0.206. The number of anilines is 1. The molecular weight excluding hydrogens is 452 g/mol. The highest BCUT2D eigenvalue weighted by Gasteiger charge is 2.41. The van der Waals surface area contributed by atoms with Crippen LogP contribution in [0.5, 0.6) is 0 Å². The molecule has 0 bridgehead atoms. The van der Waals surface area contributed by atoms with Crippen molar-refractivity contribution in [3.05, 3.63) is 119 Å². The van der Waals surface area contributed by atoms with Gasteiger partial charge in [-0.1, -0.05) is 92.7 Å². The predicted octanol–water partition coefficient (Wildman–Crippen LogP) is 8.15. The molecule has 0 saturated carbocycles. The van der Waals surface area contributed by atoms with Crippen LogP contribution < -0.4 is 5.32 Å². The van der Waals surface area contributed by atoms with Gasteiger partial charge >= 0.3 is 0 Å². The van der Waals surface area contributed by atoms with E-state index in [2.05, 4.69) is 121 Å². The molecule has 5 aromatic rings. The quantitative estimate of drug-likeness (QED) is 0.281. The Labute approximate surface area is 217 Å². The first kappa shape index (κ1) is 22.1. The third kappa shape index (κ3) is 3.61. The Morgan fingerprint density at radius 2 is 1.57 bits per heavy atom. The van der Waals surface area contributed by atoms with E-state index in [1.165, 1.54) is 43.9 Å². The van der Waals surface area contributed by atoms with Gasteiger partial charge in [-0.25, -0.2) is 0 Å². The van der Waals surface area contributed by atoms with Gasteiger partial charge in [-0.05, 0) is 45.9 Å². The topological polar surface area (TPSA) is 34.0 Å². The van der Waals surface area contributed by atoms with Crippen molar-refractivity contribution in [1.29, 1.82) is 0 Å². The molecule has 1 unspecified atom stereocenters. The summed E-state index contributed by atoms with van der Waals surface area (Å²) in [4.78, 5) is 13.9. The Morgan fingerprint density at radius 1 is 0.838 bits per heavy atom. The van der Waals surface area contributed by atoms with Crippen LogP contribution in [0.4, 0.5) is 5.69 Å². The molecular formula is C34H30N2O. The Morgan fingerprint density at radius 3 is 2.41 bits per heavy atom. The molecule has 182 valence electrons.